The molecule has 0 bridgehead atoms. The largest absolute Gasteiger partial charge is 0.478 e. The van der Waals surface area contributed by atoms with Gasteiger partial charge in [-0.3, -0.25) is 0 Å². The van der Waals surface area contributed by atoms with E-state index >= 15 is 0 Å². The van der Waals surface area contributed by atoms with E-state index < -0.39 is 30.1 Å². The van der Waals surface area contributed by atoms with Crippen molar-refractivity contribution in [3.63, 3.8) is 0 Å². The molecule has 3 nitrogen and oxygen atoms in total. The van der Waals surface area contributed by atoms with Crippen molar-refractivity contribution in [1.82, 2.24) is 0 Å². The van der Waals surface area contributed by atoms with Crippen molar-refractivity contribution in [3.8, 4) is 0 Å². The molecule has 1 rings (SSSR count). The van der Waals surface area contributed by atoms with E-state index in [2.05, 4.69) is 0 Å². The zero-order valence-electron chi connectivity index (χ0n) is 9.46. The predicted molar refractivity (Wildman–Crippen MR) is 57.3 cm³/mol. The van der Waals surface area contributed by atoms with Gasteiger partial charge < -0.3 is 10.0 Å². The smallest absolute Gasteiger partial charge is 0.405 e. The molecule has 1 N–H and O–H groups in total. The average molecular weight is 265 g/mol. The molecule has 1 aromatic rings. The van der Waals surface area contributed by atoms with E-state index in [1.165, 1.54) is 13.0 Å². The van der Waals surface area contributed by atoms with Crippen LogP contribution in [0.2, 0.25) is 0 Å². The van der Waals surface area contributed by atoms with Crippen LogP contribution in [-0.2, 0) is 0 Å². The quantitative estimate of drug-likeness (QED) is 0.851. The molecule has 100 valence electrons. The van der Waals surface area contributed by atoms with Crippen LogP contribution in [0.4, 0.5) is 23.2 Å². The van der Waals surface area contributed by atoms with Gasteiger partial charge in [-0.05, 0) is 19.1 Å². The van der Waals surface area contributed by atoms with Crippen LogP contribution in [-0.4, -0.2) is 30.3 Å². The highest BCUT2D eigenvalue weighted by Crippen LogP contribution is 2.26. The van der Waals surface area contributed by atoms with E-state index in [1.807, 2.05) is 0 Å². The summed E-state index contributed by atoms with van der Waals surface area (Å²) in [6.07, 6.45) is -4.49. The highest BCUT2D eigenvalue weighted by molar-refractivity contribution is 5.94. The minimum absolute atomic E-state index is 0.0801. The van der Waals surface area contributed by atoms with Gasteiger partial charge >= 0.3 is 12.1 Å². The Morgan fingerprint density at radius 2 is 2.00 bits per heavy atom. The van der Waals surface area contributed by atoms with E-state index in [1.54, 1.807) is 0 Å². The number of hydrogen-bond acceptors (Lipinski definition) is 2. The fourth-order valence-electron chi connectivity index (χ4n) is 1.57. The third-order valence-corrected chi connectivity index (χ3v) is 2.30. The summed E-state index contributed by atoms with van der Waals surface area (Å²) in [5.74, 6) is -2.65. The van der Waals surface area contributed by atoms with Gasteiger partial charge in [-0.2, -0.15) is 13.2 Å². The number of alkyl halides is 3. The van der Waals surface area contributed by atoms with Crippen molar-refractivity contribution in [3.05, 3.63) is 29.6 Å². The average Bonchev–Trinajstić information content (AvgIpc) is 2.23. The Morgan fingerprint density at radius 3 is 2.44 bits per heavy atom. The van der Waals surface area contributed by atoms with E-state index in [0.717, 1.165) is 17.0 Å². The number of anilines is 1. The maximum atomic E-state index is 13.3. The van der Waals surface area contributed by atoms with Gasteiger partial charge in [0.25, 0.3) is 0 Å². The minimum atomic E-state index is -4.49. The van der Waals surface area contributed by atoms with Gasteiger partial charge in [0.05, 0.1) is 5.69 Å². The summed E-state index contributed by atoms with van der Waals surface area (Å²) in [7, 11) is 0. The Morgan fingerprint density at radius 1 is 1.39 bits per heavy atom. The van der Waals surface area contributed by atoms with Crippen LogP contribution in [0.25, 0.3) is 0 Å². The fourth-order valence-corrected chi connectivity index (χ4v) is 1.57. The number of aromatic carboxylic acids is 1. The lowest BCUT2D eigenvalue weighted by molar-refractivity contribution is -0.119. The summed E-state index contributed by atoms with van der Waals surface area (Å²) >= 11 is 0. The van der Waals surface area contributed by atoms with Gasteiger partial charge in [-0.15, -0.1) is 0 Å². The molecule has 0 saturated heterocycles. The molecule has 0 aromatic heterocycles. The highest BCUT2D eigenvalue weighted by atomic mass is 19.4. The fraction of sp³-hybridized carbons (Fsp3) is 0.364. The Kier molecular flexibility index (Phi) is 4.15. The van der Waals surface area contributed by atoms with Gasteiger partial charge in [0, 0.05) is 6.54 Å². The van der Waals surface area contributed by atoms with Crippen LogP contribution < -0.4 is 4.90 Å². The molecule has 7 heteroatoms. The molecule has 0 unspecified atom stereocenters. The molecule has 0 saturated carbocycles. The summed E-state index contributed by atoms with van der Waals surface area (Å²) in [6.45, 7) is 0.0265. The molecule has 0 aliphatic carbocycles. The zero-order valence-corrected chi connectivity index (χ0v) is 9.46. The summed E-state index contributed by atoms with van der Waals surface area (Å²) in [5, 5.41) is 8.84. The Balaban J connectivity index is 3.21. The van der Waals surface area contributed by atoms with Crippen molar-refractivity contribution in [2.24, 2.45) is 0 Å². The van der Waals surface area contributed by atoms with Gasteiger partial charge in [0.1, 0.15) is 17.9 Å². The molecule has 0 heterocycles. The van der Waals surface area contributed by atoms with E-state index in [9.17, 15) is 22.4 Å². The van der Waals surface area contributed by atoms with Gasteiger partial charge in [0.15, 0.2) is 0 Å². The topological polar surface area (TPSA) is 40.5 Å². The summed E-state index contributed by atoms with van der Waals surface area (Å²) in [4.78, 5) is 11.7. The van der Waals surface area contributed by atoms with E-state index in [4.69, 9.17) is 5.11 Å². The number of halogens is 4. The van der Waals surface area contributed by atoms with Gasteiger partial charge in [-0.1, -0.05) is 6.07 Å². The summed E-state index contributed by atoms with van der Waals surface area (Å²) in [5.41, 5.74) is -1.02. The minimum Gasteiger partial charge on any atom is -0.478 e. The SMILES string of the molecule is CCN(CC(F)(F)F)c1cccc(F)c1C(=O)O. The van der Waals surface area contributed by atoms with Crippen LogP contribution in [0.1, 0.15) is 17.3 Å². The third-order valence-electron chi connectivity index (χ3n) is 2.30. The molecular weight excluding hydrogens is 254 g/mol. The standard InChI is InChI=1S/C11H11F4NO2/c1-2-16(6-11(13,14)15)8-5-3-4-7(12)9(8)10(17)18/h3-5H,2,6H2,1H3,(H,17,18). The van der Waals surface area contributed by atoms with Crippen LogP contribution in [0, 0.1) is 5.82 Å². The number of carbonyl (C=O) groups is 1. The van der Waals surface area contributed by atoms with Gasteiger partial charge in [-0.25, -0.2) is 9.18 Å². The van der Waals surface area contributed by atoms with E-state index in [-0.39, 0.29) is 12.2 Å². The second-order valence-electron chi connectivity index (χ2n) is 3.57. The summed E-state index contributed by atoms with van der Waals surface area (Å²) < 4.78 is 50.3. The number of carboxylic acid groups (broad SMARTS) is 1. The first kappa shape index (κ1) is 14.3. The number of benzene rings is 1. The number of hydrogen-bond donors (Lipinski definition) is 1. The first-order chi connectivity index (χ1) is 8.26. The Bertz CT molecular complexity index is 445. The number of rotatable bonds is 4. The highest BCUT2D eigenvalue weighted by Gasteiger charge is 2.32. The van der Waals surface area contributed by atoms with E-state index in [0.29, 0.717) is 0 Å². The zero-order chi connectivity index (χ0) is 13.9. The predicted octanol–water partition coefficient (Wildman–Crippen LogP) is 2.91. The molecule has 18 heavy (non-hydrogen) atoms. The maximum Gasteiger partial charge on any atom is 0.405 e. The molecular formula is C11H11F4NO2. The molecule has 1 aromatic carbocycles. The van der Waals surface area contributed by atoms with Crippen molar-refractivity contribution >= 4 is 11.7 Å². The lowest BCUT2D eigenvalue weighted by Gasteiger charge is -2.25. The second kappa shape index (κ2) is 5.24. The van der Waals surface area contributed by atoms with Crippen LogP contribution in [0.3, 0.4) is 0 Å². The molecule has 0 amide bonds. The molecule has 0 atom stereocenters. The van der Waals surface area contributed by atoms with Crippen molar-refractivity contribution in [2.45, 2.75) is 13.1 Å². The van der Waals surface area contributed by atoms with Crippen molar-refractivity contribution < 1.29 is 27.5 Å². The molecule has 0 radical (unpaired) electrons. The van der Waals surface area contributed by atoms with Crippen molar-refractivity contribution in [1.29, 1.82) is 0 Å². The number of nitrogens with zero attached hydrogens (tertiary/aromatic N) is 1. The third kappa shape index (κ3) is 3.35. The lowest BCUT2D eigenvalue weighted by Crippen LogP contribution is -2.35. The first-order valence-electron chi connectivity index (χ1n) is 5.09. The monoisotopic (exact) mass is 265 g/mol. The molecule has 0 aliphatic heterocycles. The Hall–Kier alpha value is -1.79. The maximum absolute atomic E-state index is 13.3. The van der Waals surface area contributed by atoms with Crippen LogP contribution in [0.15, 0.2) is 18.2 Å². The normalized spacial score (nSPS) is 11.4. The number of carboxylic acids is 1. The molecule has 0 fully saturated rings. The second-order valence-corrected chi connectivity index (χ2v) is 3.57. The summed E-state index contributed by atoms with van der Waals surface area (Å²) in [6, 6.07) is 3.23. The Labute approximate surface area is 101 Å². The molecule has 0 spiro atoms. The van der Waals surface area contributed by atoms with Crippen LogP contribution >= 0.6 is 0 Å². The van der Waals surface area contributed by atoms with Gasteiger partial charge in [0.2, 0.25) is 0 Å². The van der Waals surface area contributed by atoms with Crippen molar-refractivity contribution in [2.75, 3.05) is 18.0 Å². The molecule has 0 aliphatic rings. The first-order valence-corrected chi connectivity index (χ1v) is 5.09. The lowest BCUT2D eigenvalue weighted by atomic mass is 10.1. The van der Waals surface area contributed by atoms with Crippen LogP contribution in [0.5, 0.6) is 0 Å².